The molecule has 40 heavy (non-hydrogen) atoms. The molecule has 8 heteroatoms. The van der Waals surface area contributed by atoms with E-state index >= 15 is 0 Å². The van der Waals surface area contributed by atoms with Crippen LogP contribution < -0.4 is 5.32 Å². The van der Waals surface area contributed by atoms with Gasteiger partial charge in [-0.15, -0.1) is 6.58 Å². The number of hydrogen-bond donors (Lipinski definition) is 1. The van der Waals surface area contributed by atoms with Crippen LogP contribution in [0.5, 0.6) is 0 Å². The largest absolute Gasteiger partial charge is 0.333 e. The maximum absolute atomic E-state index is 14.0. The van der Waals surface area contributed by atoms with Crippen LogP contribution in [0.15, 0.2) is 97.1 Å². The van der Waals surface area contributed by atoms with Gasteiger partial charge in [0, 0.05) is 6.54 Å². The van der Waals surface area contributed by atoms with Gasteiger partial charge in [-0.2, -0.15) is 5.01 Å². The van der Waals surface area contributed by atoms with Crippen LogP contribution >= 0.6 is 0 Å². The number of hydrogen-bond acceptors (Lipinski definition) is 4. The van der Waals surface area contributed by atoms with Crippen molar-refractivity contribution in [2.75, 3.05) is 19.6 Å². The summed E-state index contributed by atoms with van der Waals surface area (Å²) in [6.45, 7) is 10.6. The number of carbonyl (C=O) groups excluding carboxylic acids is 3. The average Bonchev–Trinajstić information content (AvgIpc) is 3.30. The van der Waals surface area contributed by atoms with Gasteiger partial charge in [0.15, 0.2) is 0 Å². The molecule has 1 N–H and O–H groups in total. The minimum absolute atomic E-state index is 0.00618. The second-order valence-corrected chi connectivity index (χ2v) is 10.2. The maximum atomic E-state index is 14.0. The van der Waals surface area contributed by atoms with Gasteiger partial charge in [-0.25, -0.2) is 4.79 Å². The molecule has 0 spiro atoms. The molecule has 2 aromatic carbocycles. The van der Waals surface area contributed by atoms with Gasteiger partial charge in [-0.05, 0) is 38.3 Å². The topological polar surface area (TPSA) is 76.2 Å². The number of allylic oxidation sites excluding steroid dienone is 3. The van der Waals surface area contributed by atoms with Crippen molar-refractivity contribution in [3.05, 3.63) is 108 Å². The summed E-state index contributed by atoms with van der Waals surface area (Å²) in [6, 6.07) is 18.4. The van der Waals surface area contributed by atoms with Crippen molar-refractivity contribution < 1.29 is 14.4 Å². The molecule has 2 aromatic rings. The van der Waals surface area contributed by atoms with Crippen molar-refractivity contribution >= 4 is 17.8 Å². The molecule has 4 rings (SSSR count). The van der Waals surface area contributed by atoms with Gasteiger partial charge in [0.1, 0.15) is 12.2 Å². The first-order valence-electron chi connectivity index (χ1n) is 13.8. The number of fused-ring (bicyclic) bond motifs is 1. The normalized spacial score (nSPS) is 20.5. The van der Waals surface area contributed by atoms with Crippen LogP contribution in [-0.4, -0.2) is 69.5 Å². The van der Waals surface area contributed by atoms with Crippen molar-refractivity contribution in [1.29, 1.82) is 0 Å². The predicted octanol–water partition coefficient (Wildman–Crippen LogP) is 4.65. The van der Waals surface area contributed by atoms with E-state index in [9.17, 15) is 14.4 Å². The number of rotatable bonds is 10. The monoisotopic (exact) mass is 541 g/mol. The van der Waals surface area contributed by atoms with Crippen molar-refractivity contribution in [2.45, 2.75) is 52.0 Å². The van der Waals surface area contributed by atoms with E-state index in [-0.39, 0.29) is 43.5 Å². The molecule has 0 aromatic heterocycles. The van der Waals surface area contributed by atoms with Gasteiger partial charge in [0.25, 0.3) is 0 Å². The molecular formula is C32H39N5O3. The number of piperazine rings is 1. The highest BCUT2D eigenvalue weighted by molar-refractivity contribution is 5.92. The molecule has 0 bridgehead atoms. The Morgan fingerprint density at radius 3 is 2.45 bits per heavy atom. The smallest absolute Gasteiger partial charge is 0.332 e. The van der Waals surface area contributed by atoms with Gasteiger partial charge < -0.3 is 15.1 Å². The average molecular weight is 542 g/mol. The highest BCUT2D eigenvalue weighted by atomic mass is 16.2. The first kappa shape index (κ1) is 28.8. The molecule has 0 aliphatic carbocycles. The fourth-order valence-corrected chi connectivity index (χ4v) is 5.39. The van der Waals surface area contributed by atoms with E-state index in [0.29, 0.717) is 13.0 Å². The number of hydrazine groups is 1. The molecule has 2 saturated heterocycles. The standard InChI is InChI=1S/C32H39N5O3/c1-5-7-14-24(3)20-28-31(39)34(25(4)27-17-12-9-13-18-27)22-29-36(23-30(38)37(28)29)35(19-6-2)32(40)33-21-26-15-10-8-11-16-26/h5-18,25,28-29H,2,19-23H2,1,3-4H3,(H,33,40)/b7-5-,24-14+/t25-,28-,29+/m0/s1. The number of nitrogens with one attached hydrogen (secondary N) is 1. The Kier molecular flexibility index (Phi) is 9.56. The first-order chi connectivity index (χ1) is 19.3. The zero-order chi connectivity index (χ0) is 28.6. The third-order valence-corrected chi connectivity index (χ3v) is 7.49. The number of amides is 4. The minimum Gasteiger partial charge on any atom is -0.333 e. The lowest BCUT2D eigenvalue weighted by Gasteiger charge is -2.48. The van der Waals surface area contributed by atoms with E-state index in [1.807, 2.05) is 105 Å². The zero-order valence-electron chi connectivity index (χ0n) is 23.6. The van der Waals surface area contributed by atoms with Crippen molar-refractivity contribution in [1.82, 2.24) is 25.1 Å². The highest BCUT2D eigenvalue weighted by Gasteiger charge is 2.52. The number of urea groups is 1. The fourth-order valence-electron chi connectivity index (χ4n) is 5.39. The molecule has 0 unspecified atom stereocenters. The Bertz CT molecular complexity index is 1260. The lowest BCUT2D eigenvalue weighted by molar-refractivity contribution is -0.159. The van der Waals surface area contributed by atoms with E-state index in [1.165, 1.54) is 0 Å². The second-order valence-electron chi connectivity index (χ2n) is 10.2. The zero-order valence-corrected chi connectivity index (χ0v) is 23.6. The van der Waals surface area contributed by atoms with Crippen LogP contribution in [0.2, 0.25) is 0 Å². The maximum Gasteiger partial charge on any atom is 0.332 e. The van der Waals surface area contributed by atoms with E-state index in [0.717, 1.165) is 16.7 Å². The van der Waals surface area contributed by atoms with Gasteiger partial charge in [0.2, 0.25) is 11.8 Å². The molecule has 2 aliphatic rings. The summed E-state index contributed by atoms with van der Waals surface area (Å²) >= 11 is 0. The quantitative estimate of drug-likeness (QED) is 0.351. The first-order valence-corrected chi connectivity index (χ1v) is 13.8. The highest BCUT2D eigenvalue weighted by Crippen LogP contribution is 2.34. The third-order valence-electron chi connectivity index (χ3n) is 7.49. The number of nitrogens with zero attached hydrogens (tertiary/aromatic N) is 4. The van der Waals surface area contributed by atoms with E-state index in [4.69, 9.17) is 0 Å². The van der Waals surface area contributed by atoms with Gasteiger partial charge in [-0.1, -0.05) is 90.5 Å². The Morgan fingerprint density at radius 2 is 1.80 bits per heavy atom. The molecule has 210 valence electrons. The van der Waals surface area contributed by atoms with E-state index < -0.39 is 12.2 Å². The SMILES string of the molecule is C=CCN(C(=O)NCc1ccccc1)N1CC(=O)N2[C@@H](C/C(C)=C/C=C\C)C(=O)N([C@@H](C)c3ccccc3)C[C@@H]21. The summed E-state index contributed by atoms with van der Waals surface area (Å²) in [7, 11) is 0. The van der Waals surface area contributed by atoms with Crippen LogP contribution in [0.4, 0.5) is 4.79 Å². The van der Waals surface area contributed by atoms with Crippen LogP contribution in [0, 0.1) is 0 Å². The molecule has 2 aliphatic heterocycles. The van der Waals surface area contributed by atoms with Crippen molar-refractivity contribution in [3.63, 3.8) is 0 Å². The minimum atomic E-state index is -0.665. The number of benzene rings is 2. The summed E-state index contributed by atoms with van der Waals surface area (Å²) in [5.41, 5.74) is 2.99. The Labute approximate surface area is 237 Å². The van der Waals surface area contributed by atoms with E-state index in [2.05, 4.69) is 11.9 Å². The molecule has 8 nitrogen and oxygen atoms in total. The molecule has 2 fully saturated rings. The summed E-state index contributed by atoms with van der Waals surface area (Å²) in [5, 5.41) is 6.31. The Morgan fingerprint density at radius 1 is 1.12 bits per heavy atom. The van der Waals surface area contributed by atoms with Crippen molar-refractivity contribution in [2.24, 2.45) is 0 Å². The lowest BCUT2D eigenvalue weighted by Crippen LogP contribution is -2.66. The Balaban J connectivity index is 1.65. The molecule has 4 amide bonds. The van der Waals surface area contributed by atoms with Crippen LogP contribution in [0.1, 0.15) is 44.4 Å². The molecule has 2 heterocycles. The van der Waals surface area contributed by atoms with Crippen LogP contribution in [0.25, 0.3) is 0 Å². The lowest BCUT2D eigenvalue weighted by atomic mass is 9.98. The summed E-state index contributed by atoms with van der Waals surface area (Å²) in [4.78, 5) is 44.5. The van der Waals surface area contributed by atoms with Crippen molar-refractivity contribution in [3.8, 4) is 0 Å². The van der Waals surface area contributed by atoms with Crippen LogP contribution in [-0.2, 0) is 16.1 Å². The molecular weight excluding hydrogens is 502 g/mol. The summed E-state index contributed by atoms with van der Waals surface area (Å²) in [5.74, 6) is -0.251. The third kappa shape index (κ3) is 6.34. The summed E-state index contributed by atoms with van der Waals surface area (Å²) < 4.78 is 0. The summed E-state index contributed by atoms with van der Waals surface area (Å²) in [6.07, 6.45) is 7.42. The molecule has 0 radical (unpaired) electrons. The van der Waals surface area contributed by atoms with Gasteiger partial charge in [0.05, 0.1) is 25.7 Å². The van der Waals surface area contributed by atoms with Gasteiger partial charge >= 0.3 is 6.03 Å². The molecule has 0 saturated carbocycles. The fraction of sp³-hybridized carbons (Fsp3) is 0.344. The molecule has 3 atom stereocenters. The van der Waals surface area contributed by atoms with Gasteiger partial charge in [-0.3, -0.25) is 14.6 Å². The second kappa shape index (κ2) is 13.3. The number of carbonyl (C=O) groups is 3. The van der Waals surface area contributed by atoms with Crippen LogP contribution in [0.3, 0.4) is 0 Å². The predicted molar refractivity (Wildman–Crippen MR) is 156 cm³/mol. The van der Waals surface area contributed by atoms with E-state index in [1.54, 1.807) is 21.0 Å². The Hall–Kier alpha value is -4.17.